The third-order valence-electron chi connectivity index (χ3n) is 4.79. The Balaban J connectivity index is 1.92. The predicted molar refractivity (Wildman–Crippen MR) is 90.1 cm³/mol. The quantitative estimate of drug-likeness (QED) is 0.612. The summed E-state index contributed by atoms with van der Waals surface area (Å²) in [6, 6.07) is 10.3. The van der Waals surface area contributed by atoms with Gasteiger partial charge in [-0.1, -0.05) is 18.2 Å². The van der Waals surface area contributed by atoms with E-state index in [1.807, 2.05) is 6.07 Å². The molecule has 0 aliphatic carbocycles. The molecule has 0 aromatic heterocycles. The third kappa shape index (κ3) is 3.43. The average molecular weight is 372 g/mol. The van der Waals surface area contributed by atoms with Crippen molar-refractivity contribution in [2.24, 2.45) is 5.92 Å². The Morgan fingerprint density at radius 1 is 1.22 bits per heavy atom. The van der Waals surface area contributed by atoms with Gasteiger partial charge in [-0.05, 0) is 29.3 Å². The second-order valence-corrected chi connectivity index (χ2v) is 6.52. The molecule has 0 bridgehead atoms. The van der Waals surface area contributed by atoms with Crippen molar-refractivity contribution in [3.8, 4) is 6.07 Å². The minimum atomic E-state index is -1.64. The van der Waals surface area contributed by atoms with Gasteiger partial charge in [-0.15, -0.1) is 0 Å². The minimum Gasteiger partial charge on any atom is -0.344 e. The first kappa shape index (κ1) is 18.6. The van der Waals surface area contributed by atoms with Crippen LogP contribution >= 0.6 is 0 Å². The largest absolute Gasteiger partial charge is 0.344 e. The topological polar surface area (TPSA) is 61.2 Å². The summed E-state index contributed by atoms with van der Waals surface area (Å²) in [7, 11) is 1.55. The lowest BCUT2D eigenvalue weighted by molar-refractivity contribution is -0.136. The van der Waals surface area contributed by atoms with Crippen LogP contribution in [0.15, 0.2) is 36.4 Å². The van der Waals surface area contributed by atoms with Crippen LogP contribution < -0.4 is 0 Å². The van der Waals surface area contributed by atoms with Crippen molar-refractivity contribution < 1.29 is 22.8 Å². The summed E-state index contributed by atoms with van der Waals surface area (Å²) in [5.74, 6) is -6.99. The molecule has 0 radical (unpaired) electrons. The Hall–Kier alpha value is -3.14. The number of carbonyl (C=O) groups is 2. The molecule has 1 aliphatic rings. The maximum Gasteiger partial charge on any atom is 0.233 e. The van der Waals surface area contributed by atoms with E-state index in [2.05, 4.69) is 0 Å². The normalized spacial score (nSPS) is 19.2. The van der Waals surface area contributed by atoms with Crippen LogP contribution in [-0.2, 0) is 16.0 Å². The third-order valence-corrected chi connectivity index (χ3v) is 4.79. The van der Waals surface area contributed by atoms with Crippen molar-refractivity contribution in [2.75, 3.05) is 13.6 Å². The molecule has 0 N–H and O–H groups in total. The lowest BCUT2D eigenvalue weighted by Gasteiger charge is -2.16. The van der Waals surface area contributed by atoms with Gasteiger partial charge < -0.3 is 4.90 Å². The van der Waals surface area contributed by atoms with E-state index >= 15 is 0 Å². The first-order valence-corrected chi connectivity index (χ1v) is 8.23. The highest BCUT2D eigenvalue weighted by atomic mass is 19.2. The van der Waals surface area contributed by atoms with E-state index < -0.39 is 47.4 Å². The highest BCUT2D eigenvalue weighted by Gasteiger charge is 2.44. The van der Waals surface area contributed by atoms with E-state index in [-0.39, 0.29) is 12.1 Å². The molecule has 1 aliphatic heterocycles. The Morgan fingerprint density at radius 2 is 1.96 bits per heavy atom. The maximum absolute atomic E-state index is 13.9. The molecular formula is C20H15F3N2O2. The van der Waals surface area contributed by atoms with Crippen molar-refractivity contribution in [3.05, 3.63) is 70.5 Å². The highest BCUT2D eigenvalue weighted by Crippen LogP contribution is 2.35. The van der Waals surface area contributed by atoms with Crippen LogP contribution in [0.5, 0.6) is 0 Å². The van der Waals surface area contributed by atoms with Gasteiger partial charge in [0.2, 0.25) is 5.91 Å². The van der Waals surface area contributed by atoms with Gasteiger partial charge in [0.15, 0.2) is 17.5 Å². The summed E-state index contributed by atoms with van der Waals surface area (Å²) in [4.78, 5) is 26.7. The van der Waals surface area contributed by atoms with Crippen molar-refractivity contribution >= 4 is 11.7 Å². The Kier molecular flexibility index (Phi) is 5.00. The van der Waals surface area contributed by atoms with E-state index in [0.717, 1.165) is 12.1 Å². The van der Waals surface area contributed by atoms with E-state index in [9.17, 15) is 22.8 Å². The Bertz CT molecular complexity index is 968. The molecule has 7 heteroatoms. The Morgan fingerprint density at radius 3 is 2.67 bits per heavy atom. The van der Waals surface area contributed by atoms with E-state index in [0.29, 0.717) is 11.1 Å². The zero-order chi connectivity index (χ0) is 19.7. The van der Waals surface area contributed by atoms with Gasteiger partial charge in [-0.3, -0.25) is 9.59 Å². The molecular weight excluding hydrogens is 357 g/mol. The second kappa shape index (κ2) is 7.23. The molecule has 0 unspecified atom stereocenters. The molecule has 2 aromatic carbocycles. The lowest BCUT2D eigenvalue weighted by Crippen LogP contribution is -2.29. The standard InChI is InChI=1S/C20H15F3N2O2/c1-25-10-14(12-4-2-3-11(7-12)9-24)17(20(25)27)16(26)8-13-5-6-15(21)19(23)18(13)22/h2-7,14,17H,8,10H2,1H3/t14-,17+/m1/s1. The summed E-state index contributed by atoms with van der Waals surface area (Å²) in [6.07, 6.45) is -0.526. The Labute approximate surface area is 153 Å². The number of benzene rings is 2. The molecule has 2 aromatic rings. The minimum absolute atomic E-state index is 0.268. The fraction of sp³-hybridized carbons (Fsp3) is 0.250. The van der Waals surface area contributed by atoms with Crippen molar-refractivity contribution in [1.82, 2.24) is 4.90 Å². The number of halogens is 3. The van der Waals surface area contributed by atoms with Crippen molar-refractivity contribution in [3.63, 3.8) is 0 Å². The van der Waals surface area contributed by atoms with Crippen LogP contribution in [0, 0.1) is 34.7 Å². The van der Waals surface area contributed by atoms with Gasteiger partial charge in [0.1, 0.15) is 11.7 Å². The second-order valence-electron chi connectivity index (χ2n) is 6.52. The van der Waals surface area contributed by atoms with Gasteiger partial charge in [-0.2, -0.15) is 5.26 Å². The van der Waals surface area contributed by atoms with Gasteiger partial charge in [0.25, 0.3) is 0 Å². The lowest BCUT2D eigenvalue weighted by atomic mass is 9.83. The van der Waals surface area contributed by atoms with Crippen LogP contribution in [0.4, 0.5) is 13.2 Å². The van der Waals surface area contributed by atoms with Crippen LogP contribution in [0.2, 0.25) is 0 Å². The zero-order valence-electron chi connectivity index (χ0n) is 14.4. The van der Waals surface area contributed by atoms with E-state index in [4.69, 9.17) is 5.26 Å². The zero-order valence-corrected chi connectivity index (χ0v) is 14.4. The molecule has 3 rings (SSSR count). The van der Waals surface area contributed by atoms with Gasteiger partial charge in [-0.25, -0.2) is 13.2 Å². The number of likely N-dealkylation sites (N-methyl/N-ethyl adjacent to an activating group) is 1. The number of amides is 1. The van der Waals surface area contributed by atoms with E-state index in [1.54, 1.807) is 31.3 Å². The first-order valence-electron chi connectivity index (χ1n) is 8.23. The molecule has 0 saturated carbocycles. The molecule has 1 heterocycles. The smallest absolute Gasteiger partial charge is 0.233 e. The highest BCUT2D eigenvalue weighted by molar-refractivity contribution is 6.04. The molecule has 1 fully saturated rings. The number of hydrogen-bond donors (Lipinski definition) is 0. The SMILES string of the molecule is CN1C[C@H](c2cccc(C#N)c2)[C@@H](C(=O)Cc2ccc(F)c(F)c2F)C1=O. The van der Waals surface area contributed by atoms with Crippen LogP contribution in [0.3, 0.4) is 0 Å². The number of likely N-dealkylation sites (tertiary alicyclic amines) is 1. The van der Waals surface area contributed by atoms with Gasteiger partial charge in [0.05, 0.1) is 11.6 Å². The van der Waals surface area contributed by atoms with Crippen LogP contribution in [0.1, 0.15) is 22.6 Å². The number of rotatable bonds is 4. The molecule has 138 valence electrons. The van der Waals surface area contributed by atoms with Crippen LogP contribution in [0.25, 0.3) is 0 Å². The summed E-state index contributed by atoms with van der Waals surface area (Å²) < 4.78 is 40.4. The number of Topliss-reactive ketones (excluding diaryl/α,β-unsaturated/α-hetero) is 1. The molecule has 1 saturated heterocycles. The number of hydrogen-bond acceptors (Lipinski definition) is 3. The number of carbonyl (C=O) groups excluding carboxylic acids is 2. The van der Waals surface area contributed by atoms with Gasteiger partial charge >= 0.3 is 0 Å². The maximum atomic E-state index is 13.9. The first-order chi connectivity index (χ1) is 12.8. The average Bonchev–Trinajstić information content (AvgIpc) is 2.97. The molecule has 4 nitrogen and oxygen atoms in total. The summed E-state index contributed by atoms with van der Waals surface area (Å²) in [6.45, 7) is 0.268. The predicted octanol–water partition coefficient (Wildman–Crippen LogP) is 2.96. The summed E-state index contributed by atoms with van der Waals surface area (Å²) in [5.41, 5.74) is 0.744. The number of nitrogens with zero attached hydrogens (tertiary/aromatic N) is 2. The van der Waals surface area contributed by atoms with E-state index in [1.165, 1.54) is 4.90 Å². The fourth-order valence-corrected chi connectivity index (χ4v) is 3.40. The molecule has 2 atom stereocenters. The summed E-state index contributed by atoms with van der Waals surface area (Å²) in [5, 5.41) is 9.06. The molecule has 27 heavy (non-hydrogen) atoms. The van der Waals surface area contributed by atoms with Crippen molar-refractivity contribution in [1.29, 1.82) is 5.26 Å². The fourth-order valence-electron chi connectivity index (χ4n) is 3.40. The monoisotopic (exact) mass is 372 g/mol. The summed E-state index contributed by atoms with van der Waals surface area (Å²) >= 11 is 0. The number of nitriles is 1. The van der Waals surface area contributed by atoms with Crippen molar-refractivity contribution in [2.45, 2.75) is 12.3 Å². The number of ketones is 1. The molecule has 1 amide bonds. The molecule has 0 spiro atoms. The van der Waals surface area contributed by atoms with Crippen LogP contribution in [-0.4, -0.2) is 30.2 Å². The van der Waals surface area contributed by atoms with Gasteiger partial charge in [0, 0.05) is 25.9 Å².